The summed E-state index contributed by atoms with van der Waals surface area (Å²) in [5, 5.41) is 0. The van der Waals surface area contributed by atoms with Gasteiger partial charge in [-0.2, -0.15) is 0 Å². The molecule has 164 valence electrons. The van der Waals surface area contributed by atoms with Crippen LogP contribution in [0.5, 0.6) is 5.75 Å². The molecule has 0 amide bonds. The van der Waals surface area contributed by atoms with Crippen molar-refractivity contribution in [1.29, 1.82) is 0 Å². The molecule has 0 aromatic heterocycles. The van der Waals surface area contributed by atoms with Crippen molar-refractivity contribution < 1.29 is 23.7 Å². The minimum absolute atomic E-state index is 0.0136. The molecule has 1 aromatic rings. The summed E-state index contributed by atoms with van der Waals surface area (Å²) < 4.78 is 28.7. The monoisotopic (exact) mass is 442 g/mol. The van der Waals surface area contributed by atoms with E-state index in [0.29, 0.717) is 4.58 Å². The first-order valence-electron chi connectivity index (χ1n) is 10.7. The number of hydrogen-bond acceptors (Lipinski definition) is 7. The van der Waals surface area contributed by atoms with E-state index in [1.807, 2.05) is 35.7 Å². The van der Waals surface area contributed by atoms with Crippen LogP contribution in [0.2, 0.25) is 0 Å². The molecule has 3 rings (SSSR count). The summed E-state index contributed by atoms with van der Waals surface area (Å²) in [6, 6.07) is 8.36. The largest absolute Gasteiger partial charge is 0.497 e. The lowest BCUT2D eigenvalue weighted by molar-refractivity contribution is -0.158. The van der Waals surface area contributed by atoms with Crippen LogP contribution in [-0.2, 0) is 18.9 Å². The van der Waals surface area contributed by atoms with Crippen LogP contribution in [0.1, 0.15) is 48.7 Å². The summed E-state index contributed by atoms with van der Waals surface area (Å²) in [5.41, 5.74) is 1.30. The Balaban J connectivity index is 1.41. The molecule has 0 N–H and O–H groups in total. The summed E-state index contributed by atoms with van der Waals surface area (Å²) in [6.45, 7) is 3.09. The average Bonchev–Trinajstić information content (AvgIpc) is 2.79. The van der Waals surface area contributed by atoms with E-state index < -0.39 is 0 Å². The summed E-state index contributed by atoms with van der Waals surface area (Å²) in [7, 11) is 1.70. The fourth-order valence-electron chi connectivity index (χ4n) is 3.36. The fraction of sp³-hybridized carbons (Fsp3) is 0.727. The lowest BCUT2D eigenvalue weighted by Crippen LogP contribution is -2.23. The van der Waals surface area contributed by atoms with Crippen molar-refractivity contribution in [3.8, 4) is 5.75 Å². The Morgan fingerprint density at radius 1 is 0.862 bits per heavy atom. The van der Waals surface area contributed by atoms with Crippen molar-refractivity contribution in [2.45, 2.75) is 55.7 Å². The maximum Gasteiger partial charge on any atom is 0.157 e. The maximum atomic E-state index is 5.90. The first-order chi connectivity index (χ1) is 14.3. The second kappa shape index (κ2) is 13.8. The highest BCUT2D eigenvalue weighted by molar-refractivity contribution is 8.16. The van der Waals surface area contributed by atoms with Gasteiger partial charge in [0.15, 0.2) is 12.6 Å². The van der Waals surface area contributed by atoms with E-state index in [0.717, 1.165) is 69.4 Å². The second-order valence-corrected chi connectivity index (χ2v) is 9.90. The third kappa shape index (κ3) is 8.67. The van der Waals surface area contributed by atoms with E-state index >= 15 is 0 Å². The fourth-order valence-corrected chi connectivity index (χ4v) is 5.83. The number of thioether (sulfide) groups is 2. The smallest absolute Gasteiger partial charge is 0.157 e. The van der Waals surface area contributed by atoms with Crippen molar-refractivity contribution in [3.05, 3.63) is 29.8 Å². The quantitative estimate of drug-likeness (QED) is 0.324. The molecule has 0 spiro atoms. The normalized spacial score (nSPS) is 23.6. The zero-order valence-corrected chi connectivity index (χ0v) is 19.0. The molecule has 7 heteroatoms. The topological polar surface area (TPSA) is 46.2 Å². The molecular weight excluding hydrogens is 408 g/mol. The van der Waals surface area contributed by atoms with E-state index in [9.17, 15) is 0 Å². The van der Waals surface area contributed by atoms with E-state index in [1.54, 1.807) is 7.11 Å². The Labute approximate surface area is 183 Å². The predicted molar refractivity (Wildman–Crippen MR) is 120 cm³/mol. The Morgan fingerprint density at radius 2 is 1.41 bits per heavy atom. The van der Waals surface area contributed by atoms with Crippen molar-refractivity contribution in [2.75, 3.05) is 45.0 Å². The number of ether oxygens (including phenoxy) is 5. The van der Waals surface area contributed by atoms with Crippen LogP contribution in [0.15, 0.2) is 24.3 Å². The zero-order chi connectivity index (χ0) is 20.2. The molecule has 1 aromatic carbocycles. The molecule has 0 saturated carbocycles. The molecule has 0 bridgehead atoms. The second-order valence-electron chi connectivity index (χ2n) is 7.18. The molecule has 2 unspecified atom stereocenters. The van der Waals surface area contributed by atoms with Crippen LogP contribution in [0.3, 0.4) is 0 Å². The molecule has 29 heavy (non-hydrogen) atoms. The number of benzene rings is 1. The Bertz CT molecular complexity index is 519. The van der Waals surface area contributed by atoms with E-state index in [4.69, 9.17) is 23.7 Å². The highest BCUT2D eigenvalue weighted by atomic mass is 32.2. The summed E-state index contributed by atoms with van der Waals surface area (Å²) in [6.07, 6.45) is 6.71. The van der Waals surface area contributed by atoms with E-state index in [2.05, 4.69) is 12.1 Å². The molecule has 0 radical (unpaired) electrons. The zero-order valence-electron chi connectivity index (χ0n) is 17.4. The maximum absolute atomic E-state index is 5.90. The van der Waals surface area contributed by atoms with Crippen LogP contribution in [0.4, 0.5) is 0 Å². The highest BCUT2D eigenvalue weighted by Gasteiger charge is 2.17. The van der Waals surface area contributed by atoms with Crippen LogP contribution in [0.25, 0.3) is 0 Å². The molecule has 2 heterocycles. The van der Waals surface area contributed by atoms with Gasteiger partial charge in [0.2, 0.25) is 0 Å². The minimum Gasteiger partial charge on any atom is -0.497 e. The van der Waals surface area contributed by atoms with Gasteiger partial charge in [0.05, 0.1) is 24.9 Å². The summed E-state index contributed by atoms with van der Waals surface area (Å²) in [4.78, 5) is 0. The number of rotatable bonds is 12. The van der Waals surface area contributed by atoms with Gasteiger partial charge in [0.25, 0.3) is 0 Å². The van der Waals surface area contributed by atoms with E-state index in [1.165, 1.54) is 18.4 Å². The predicted octanol–water partition coefficient (Wildman–Crippen LogP) is 5.25. The van der Waals surface area contributed by atoms with Gasteiger partial charge in [-0.15, -0.1) is 23.5 Å². The Hall–Kier alpha value is -0.440. The minimum atomic E-state index is -0.0136. The van der Waals surface area contributed by atoms with Gasteiger partial charge in [-0.1, -0.05) is 12.1 Å². The van der Waals surface area contributed by atoms with Crippen LogP contribution >= 0.6 is 23.5 Å². The lowest BCUT2D eigenvalue weighted by Gasteiger charge is -2.24. The van der Waals surface area contributed by atoms with Crippen molar-refractivity contribution >= 4 is 23.5 Å². The molecular formula is C22H34O5S2. The SMILES string of the molecule is COc1ccc(C(SCCOC2CCCCO2)SCCOC2CCCCO2)cc1. The van der Waals surface area contributed by atoms with Crippen molar-refractivity contribution in [1.82, 2.24) is 0 Å². The van der Waals surface area contributed by atoms with Gasteiger partial charge in [-0.05, 0) is 56.2 Å². The van der Waals surface area contributed by atoms with Crippen molar-refractivity contribution in [2.24, 2.45) is 0 Å². The number of hydrogen-bond donors (Lipinski definition) is 0. The lowest BCUT2D eigenvalue weighted by atomic mass is 10.2. The van der Waals surface area contributed by atoms with Crippen LogP contribution in [0, 0.1) is 0 Å². The van der Waals surface area contributed by atoms with E-state index in [-0.39, 0.29) is 12.6 Å². The Morgan fingerprint density at radius 3 is 1.86 bits per heavy atom. The highest BCUT2D eigenvalue weighted by Crippen LogP contribution is 2.40. The van der Waals surface area contributed by atoms with Gasteiger partial charge in [-0.25, -0.2) is 0 Å². The van der Waals surface area contributed by atoms with Gasteiger partial charge in [0.1, 0.15) is 5.75 Å². The summed E-state index contributed by atoms with van der Waals surface area (Å²) in [5.74, 6) is 2.77. The standard InChI is InChI=1S/C22H34O5S2/c1-23-19-10-8-18(9-11-19)22(28-16-14-26-20-6-2-4-12-24-20)29-17-15-27-21-7-3-5-13-25-21/h8-11,20-22H,2-7,12-17H2,1H3. The van der Waals surface area contributed by atoms with Gasteiger partial charge in [-0.3, -0.25) is 0 Å². The molecule has 2 aliphatic heterocycles. The van der Waals surface area contributed by atoms with Gasteiger partial charge in [0, 0.05) is 24.7 Å². The van der Waals surface area contributed by atoms with Crippen molar-refractivity contribution in [3.63, 3.8) is 0 Å². The molecule has 0 aliphatic carbocycles. The molecule has 2 saturated heterocycles. The van der Waals surface area contributed by atoms with Gasteiger partial charge < -0.3 is 23.7 Å². The molecule has 2 atom stereocenters. The van der Waals surface area contributed by atoms with Crippen LogP contribution in [-0.4, -0.2) is 57.6 Å². The average molecular weight is 443 g/mol. The van der Waals surface area contributed by atoms with Crippen LogP contribution < -0.4 is 4.74 Å². The Kier molecular flexibility index (Phi) is 11.0. The molecule has 5 nitrogen and oxygen atoms in total. The first kappa shape index (κ1) is 23.2. The number of methoxy groups -OCH3 is 1. The summed E-state index contributed by atoms with van der Waals surface area (Å²) >= 11 is 3.83. The third-order valence-corrected chi connectivity index (χ3v) is 7.75. The molecule has 2 fully saturated rings. The first-order valence-corrected chi connectivity index (χ1v) is 12.8. The molecule has 2 aliphatic rings. The van der Waals surface area contributed by atoms with Gasteiger partial charge >= 0.3 is 0 Å². The third-order valence-electron chi connectivity index (χ3n) is 4.98.